The fraction of sp³-hybridized carbons (Fsp3) is 0.273. The molecule has 0 fully saturated rings. The summed E-state index contributed by atoms with van der Waals surface area (Å²) in [5, 5.41) is 1.24. The first-order valence-electron chi connectivity index (χ1n) is 4.58. The van der Waals surface area contributed by atoms with Crippen LogP contribution in [-0.4, -0.2) is 4.57 Å². The van der Waals surface area contributed by atoms with Crippen LogP contribution in [0.4, 0.5) is 5.69 Å². The van der Waals surface area contributed by atoms with Crippen LogP contribution in [0.2, 0.25) is 0 Å². The van der Waals surface area contributed by atoms with Gasteiger partial charge in [-0.2, -0.15) is 0 Å². The van der Waals surface area contributed by atoms with E-state index in [9.17, 15) is 0 Å². The molecule has 2 nitrogen and oxygen atoms in total. The van der Waals surface area contributed by atoms with Gasteiger partial charge >= 0.3 is 0 Å². The molecule has 2 N–H and O–H groups in total. The van der Waals surface area contributed by atoms with Crippen molar-refractivity contribution in [2.45, 2.75) is 20.4 Å². The summed E-state index contributed by atoms with van der Waals surface area (Å²) >= 11 is 0. The SMILES string of the molecule is CCn1c(C)cc2cccc(N)c21. The van der Waals surface area contributed by atoms with Crippen molar-refractivity contribution in [2.24, 2.45) is 0 Å². The second kappa shape index (κ2) is 2.80. The number of aryl methyl sites for hydroxylation is 2. The molecular weight excluding hydrogens is 160 g/mol. The van der Waals surface area contributed by atoms with Gasteiger partial charge in [-0.05, 0) is 26.0 Å². The van der Waals surface area contributed by atoms with Gasteiger partial charge in [0.1, 0.15) is 0 Å². The highest BCUT2D eigenvalue weighted by atomic mass is 15.0. The molecule has 0 saturated carbocycles. The molecule has 0 unspecified atom stereocenters. The zero-order valence-electron chi connectivity index (χ0n) is 8.04. The lowest BCUT2D eigenvalue weighted by atomic mass is 10.2. The van der Waals surface area contributed by atoms with Gasteiger partial charge in [0.25, 0.3) is 0 Å². The van der Waals surface area contributed by atoms with Gasteiger partial charge in [-0.3, -0.25) is 0 Å². The van der Waals surface area contributed by atoms with Crippen LogP contribution >= 0.6 is 0 Å². The smallest absolute Gasteiger partial charge is 0.0715 e. The normalized spacial score (nSPS) is 10.9. The van der Waals surface area contributed by atoms with Crippen molar-refractivity contribution in [1.29, 1.82) is 0 Å². The van der Waals surface area contributed by atoms with Gasteiger partial charge in [0.05, 0.1) is 11.2 Å². The van der Waals surface area contributed by atoms with E-state index in [0.717, 1.165) is 12.2 Å². The number of anilines is 1. The third-order valence-electron chi connectivity index (χ3n) is 2.47. The number of nitrogens with two attached hydrogens (primary N) is 1. The Morgan fingerprint density at radius 3 is 2.85 bits per heavy atom. The zero-order valence-corrected chi connectivity index (χ0v) is 8.04. The van der Waals surface area contributed by atoms with E-state index >= 15 is 0 Å². The van der Waals surface area contributed by atoms with Gasteiger partial charge in [0, 0.05) is 17.6 Å². The fourth-order valence-corrected chi connectivity index (χ4v) is 1.89. The minimum Gasteiger partial charge on any atom is -0.397 e. The van der Waals surface area contributed by atoms with Crippen molar-refractivity contribution in [1.82, 2.24) is 4.57 Å². The Morgan fingerprint density at radius 1 is 1.38 bits per heavy atom. The number of para-hydroxylation sites is 1. The van der Waals surface area contributed by atoms with E-state index in [-0.39, 0.29) is 0 Å². The van der Waals surface area contributed by atoms with Crippen LogP contribution in [0.5, 0.6) is 0 Å². The van der Waals surface area contributed by atoms with Gasteiger partial charge in [-0.15, -0.1) is 0 Å². The molecule has 0 radical (unpaired) electrons. The van der Waals surface area contributed by atoms with E-state index < -0.39 is 0 Å². The minimum absolute atomic E-state index is 0.868. The first-order chi connectivity index (χ1) is 6.24. The lowest BCUT2D eigenvalue weighted by molar-refractivity contribution is 0.770. The molecule has 13 heavy (non-hydrogen) atoms. The van der Waals surface area contributed by atoms with Crippen molar-refractivity contribution >= 4 is 16.6 Å². The molecule has 0 aliphatic rings. The van der Waals surface area contributed by atoms with E-state index in [1.165, 1.54) is 16.6 Å². The summed E-state index contributed by atoms with van der Waals surface area (Å²) < 4.78 is 2.24. The number of nitrogen functional groups attached to an aromatic ring is 1. The Balaban J connectivity index is 2.88. The number of nitrogens with zero attached hydrogens (tertiary/aromatic N) is 1. The van der Waals surface area contributed by atoms with Gasteiger partial charge < -0.3 is 10.3 Å². The van der Waals surface area contributed by atoms with Crippen molar-refractivity contribution in [3.8, 4) is 0 Å². The molecule has 1 aromatic carbocycles. The van der Waals surface area contributed by atoms with E-state index in [2.05, 4.69) is 30.5 Å². The van der Waals surface area contributed by atoms with Crippen molar-refractivity contribution in [3.05, 3.63) is 30.0 Å². The average molecular weight is 174 g/mol. The average Bonchev–Trinajstić information content (AvgIpc) is 2.42. The molecule has 0 spiro atoms. The molecule has 0 aliphatic heterocycles. The predicted molar refractivity (Wildman–Crippen MR) is 56.8 cm³/mol. The van der Waals surface area contributed by atoms with Crippen LogP contribution in [0.15, 0.2) is 24.3 Å². The van der Waals surface area contributed by atoms with Crippen LogP contribution in [0, 0.1) is 6.92 Å². The Bertz CT molecular complexity index is 441. The van der Waals surface area contributed by atoms with Gasteiger partial charge in [0.15, 0.2) is 0 Å². The maximum Gasteiger partial charge on any atom is 0.0715 e. The van der Waals surface area contributed by atoms with Crippen molar-refractivity contribution in [2.75, 3.05) is 5.73 Å². The number of hydrogen-bond acceptors (Lipinski definition) is 1. The van der Waals surface area contributed by atoms with E-state index in [4.69, 9.17) is 5.73 Å². The quantitative estimate of drug-likeness (QED) is 0.662. The molecule has 0 saturated heterocycles. The summed E-state index contributed by atoms with van der Waals surface area (Å²) in [5.74, 6) is 0. The second-order valence-corrected chi connectivity index (χ2v) is 3.32. The first-order valence-corrected chi connectivity index (χ1v) is 4.58. The Labute approximate surface area is 78.0 Å². The zero-order chi connectivity index (χ0) is 9.42. The second-order valence-electron chi connectivity index (χ2n) is 3.32. The van der Waals surface area contributed by atoms with Gasteiger partial charge in [-0.25, -0.2) is 0 Å². The highest BCUT2D eigenvalue weighted by molar-refractivity contribution is 5.91. The molecular formula is C11H14N2. The van der Waals surface area contributed by atoms with E-state index in [1.807, 2.05) is 12.1 Å². The first kappa shape index (κ1) is 8.17. The summed E-state index contributed by atoms with van der Waals surface area (Å²) in [7, 11) is 0. The molecule has 0 atom stereocenters. The monoisotopic (exact) mass is 174 g/mol. The largest absolute Gasteiger partial charge is 0.397 e. The number of rotatable bonds is 1. The van der Waals surface area contributed by atoms with Crippen LogP contribution in [0.3, 0.4) is 0 Å². The third-order valence-corrected chi connectivity index (χ3v) is 2.47. The van der Waals surface area contributed by atoms with Gasteiger partial charge in [-0.1, -0.05) is 12.1 Å². The van der Waals surface area contributed by atoms with Gasteiger partial charge in [0.2, 0.25) is 0 Å². The summed E-state index contributed by atoms with van der Waals surface area (Å²) in [4.78, 5) is 0. The summed E-state index contributed by atoms with van der Waals surface area (Å²) in [6.45, 7) is 5.23. The van der Waals surface area contributed by atoms with E-state index in [1.54, 1.807) is 0 Å². The van der Waals surface area contributed by atoms with Crippen molar-refractivity contribution < 1.29 is 0 Å². The number of benzene rings is 1. The van der Waals surface area contributed by atoms with Crippen LogP contribution in [0.25, 0.3) is 10.9 Å². The number of hydrogen-bond donors (Lipinski definition) is 1. The molecule has 2 heteroatoms. The fourth-order valence-electron chi connectivity index (χ4n) is 1.89. The maximum absolute atomic E-state index is 5.93. The standard InChI is InChI=1S/C11H14N2/c1-3-13-8(2)7-9-5-4-6-10(12)11(9)13/h4-7H,3,12H2,1-2H3. The summed E-state index contributed by atoms with van der Waals surface area (Å²) in [6.07, 6.45) is 0. The molecule has 68 valence electrons. The summed E-state index contributed by atoms with van der Waals surface area (Å²) in [5.41, 5.74) is 9.24. The van der Waals surface area contributed by atoms with Crippen molar-refractivity contribution in [3.63, 3.8) is 0 Å². The molecule has 1 aromatic heterocycles. The molecule has 1 heterocycles. The molecule has 2 aromatic rings. The number of fused-ring (bicyclic) bond motifs is 1. The van der Waals surface area contributed by atoms with Crippen LogP contribution in [0.1, 0.15) is 12.6 Å². The topological polar surface area (TPSA) is 30.9 Å². The maximum atomic E-state index is 5.93. The molecule has 0 bridgehead atoms. The highest BCUT2D eigenvalue weighted by Gasteiger charge is 2.05. The van der Waals surface area contributed by atoms with Crippen LogP contribution in [-0.2, 0) is 6.54 Å². The third kappa shape index (κ3) is 1.10. The predicted octanol–water partition coefficient (Wildman–Crippen LogP) is 2.55. The van der Waals surface area contributed by atoms with Crippen LogP contribution < -0.4 is 5.73 Å². The summed E-state index contributed by atoms with van der Waals surface area (Å²) in [6, 6.07) is 8.23. The molecule has 2 rings (SSSR count). The highest BCUT2D eigenvalue weighted by Crippen LogP contribution is 2.24. The number of aromatic nitrogens is 1. The Hall–Kier alpha value is -1.44. The minimum atomic E-state index is 0.868. The Kier molecular flexibility index (Phi) is 1.76. The van der Waals surface area contributed by atoms with E-state index in [0.29, 0.717) is 0 Å². The lowest BCUT2D eigenvalue weighted by Crippen LogP contribution is -1.98. The lowest BCUT2D eigenvalue weighted by Gasteiger charge is -2.05. The molecule has 0 amide bonds. The Morgan fingerprint density at radius 2 is 2.15 bits per heavy atom. The molecule has 0 aliphatic carbocycles.